The number of amides is 1. The van der Waals surface area contributed by atoms with Crippen LogP contribution in [0.1, 0.15) is 17.4 Å². The molecule has 2 aromatic rings. The Balaban J connectivity index is 1.44. The second kappa shape index (κ2) is 9.51. The standard InChI is InChI=1S/C20H26ClN3OS/c1-2-24(15-18-8-9-19(21)26-18)20(25)16-23-12-10-22(11-13-23)14-17-6-4-3-5-7-17/h3-9H,2,10-16H2,1H3. The van der Waals surface area contributed by atoms with Crippen LogP contribution in [0.15, 0.2) is 42.5 Å². The van der Waals surface area contributed by atoms with Gasteiger partial charge in [0.05, 0.1) is 17.4 Å². The van der Waals surface area contributed by atoms with Gasteiger partial charge < -0.3 is 4.90 Å². The highest BCUT2D eigenvalue weighted by atomic mass is 35.5. The zero-order valence-electron chi connectivity index (χ0n) is 15.2. The summed E-state index contributed by atoms with van der Waals surface area (Å²) in [7, 11) is 0. The highest BCUT2D eigenvalue weighted by Crippen LogP contribution is 2.22. The van der Waals surface area contributed by atoms with Crippen molar-refractivity contribution in [3.63, 3.8) is 0 Å². The molecule has 0 unspecified atom stereocenters. The van der Waals surface area contributed by atoms with Crippen LogP contribution in [0.3, 0.4) is 0 Å². The van der Waals surface area contributed by atoms with Crippen LogP contribution in [0, 0.1) is 0 Å². The average Bonchev–Trinajstić information content (AvgIpc) is 3.07. The van der Waals surface area contributed by atoms with E-state index in [4.69, 9.17) is 11.6 Å². The Morgan fingerprint density at radius 3 is 2.38 bits per heavy atom. The van der Waals surface area contributed by atoms with Gasteiger partial charge in [-0.2, -0.15) is 0 Å². The van der Waals surface area contributed by atoms with E-state index < -0.39 is 0 Å². The number of carbonyl (C=O) groups is 1. The molecule has 1 aliphatic heterocycles. The molecule has 26 heavy (non-hydrogen) atoms. The van der Waals surface area contributed by atoms with Gasteiger partial charge in [-0.05, 0) is 24.6 Å². The zero-order chi connectivity index (χ0) is 18.4. The van der Waals surface area contributed by atoms with Crippen molar-refractivity contribution in [2.45, 2.75) is 20.0 Å². The summed E-state index contributed by atoms with van der Waals surface area (Å²) in [5.41, 5.74) is 1.35. The van der Waals surface area contributed by atoms with Crippen molar-refractivity contribution in [2.75, 3.05) is 39.3 Å². The fourth-order valence-corrected chi connectivity index (χ4v) is 4.34. The molecule has 1 saturated heterocycles. The van der Waals surface area contributed by atoms with Gasteiger partial charge in [0.25, 0.3) is 0 Å². The molecule has 0 saturated carbocycles. The van der Waals surface area contributed by atoms with Crippen molar-refractivity contribution in [2.24, 2.45) is 0 Å². The Morgan fingerprint density at radius 2 is 1.77 bits per heavy atom. The predicted octanol–water partition coefficient (Wildman–Crippen LogP) is 3.57. The van der Waals surface area contributed by atoms with Crippen LogP contribution >= 0.6 is 22.9 Å². The number of carbonyl (C=O) groups excluding carboxylic acids is 1. The first-order chi connectivity index (χ1) is 12.6. The number of benzene rings is 1. The topological polar surface area (TPSA) is 26.8 Å². The van der Waals surface area contributed by atoms with E-state index in [-0.39, 0.29) is 5.91 Å². The third-order valence-electron chi connectivity index (χ3n) is 4.78. The quantitative estimate of drug-likeness (QED) is 0.721. The lowest BCUT2D eigenvalue weighted by atomic mass is 10.2. The number of nitrogens with zero attached hydrogens (tertiary/aromatic N) is 3. The van der Waals surface area contributed by atoms with E-state index in [1.165, 1.54) is 5.56 Å². The maximum atomic E-state index is 12.7. The van der Waals surface area contributed by atoms with Gasteiger partial charge in [0.15, 0.2) is 0 Å². The lowest BCUT2D eigenvalue weighted by Crippen LogP contribution is -2.49. The van der Waals surface area contributed by atoms with Gasteiger partial charge in [-0.25, -0.2) is 0 Å². The minimum Gasteiger partial charge on any atom is -0.337 e. The molecule has 3 rings (SSSR count). The summed E-state index contributed by atoms with van der Waals surface area (Å²) in [5, 5.41) is 0. The first-order valence-electron chi connectivity index (χ1n) is 9.14. The third kappa shape index (κ3) is 5.55. The van der Waals surface area contributed by atoms with E-state index in [9.17, 15) is 4.79 Å². The number of likely N-dealkylation sites (N-methyl/N-ethyl adjacent to an activating group) is 1. The maximum Gasteiger partial charge on any atom is 0.237 e. The number of hydrogen-bond acceptors (Lipinski definition) is 4. The Kier molecular flexibility index (Phi) is 7.08. The van der Waals surface area contributed by atoms with Gasteiger partial charge in [0.1, 0.15) is 0 Å². The van der Waals surface area contributed by atoms with E-state index in [2.05, 4.69) is 40.1 Å². The van der Waals surface area contributed by atoms with Gasteiger partial charge in [0.2, 0.25) is 5.91 Å². The van der Waals surface area contributed by atoms with E-state index in [0.717, 1.165) is 48.5 Å². The highest BCUT2D eigenvalue weighted by molar-refractivity contribution is 7.16. The second-order valence-electron chi connectivity index (χ2n) is 6.65. The lowest BCUT2D eigenvalue weighted by molar-refractivity contribution is -0.133. The third-order valence-corrected chi connectivity index (χ3v) is 6.00. The van der Waals surface area contributed by atoms with Crippen LogP contribution in [0.4, 0.5) is 0 Å². The number of thiophene rings is 1. The van der Waals surface area contributed by atoms with Crippen LogP contribution in [-0.4, -0.2) is 59.9 Å². The molecule has 0 aliphatic carbocycles. The fourth-order valence-electron chi connectivity index (χ4n) is 3.24. The molecular formula is C20H26ClN3OS. The Bertz CT molecular complexity index is 698. The van der Waals surface area contributed by atoms with E-state index >= 15 is 0 Å². The molecule has 1 aromatic carbocycles. The van der Waals surface area contributed by atoms with Crippen molar-refractivity contribution in [3.05, 3.63) is 57.2 Å². The van der Waals surface area contributed by atoms with Crippen LogP contribution in [-0.2, 0) is 17.9 Å². The van der Waals surface area contributed by atoms with Crippen molar-refractivity contribution >= 4 is 28.8 Å². The number of piperazine rings is 1. The number of halogens is 1. The Morgan fingerprint density at radius 1 is 1.08 bits per heavy atom. The minimum atomic E-state index is 0.202. The Hall–Kier alpha value is -1.40. The smallest absolute Gasteiger partial charge is 0.237 e. The summed E-state index contributed by atoms with van der Waals surface area (Å²) in [6.45, 7) is 8.81. The monoisotopic (exact) mass is 391 g/mol. The molecule has 0 bridgehead atoms. The molecule has 1 fully saturated rings. The summed E-state index contributed by atoms with van der Waals surface area (Å²) >= 11 is 7.54. The van der Waals surface area contributed by atoms with E-state index in [1.807, 2.05) is 24.0 Å². The number of rotatable bonds is 7. The van der Waals surface area contributed by atoms with Gasteiger partial charge in [-0.3, -0.25) is 14.6 Å². The molecule has 0 radical (unpaired) electrons. The van der Waals surface area contributed by atoms with Crippen molar-refractivity contribution in [3.8, 4) is 0 Å². The largest absolute Gasteiger partial charge is 0.337 e. The van der Waals surface area contributed by atoms with Gasteiger partial charge in [-0.15, -0.1) is 11.3 Å². The average molecular weight is 392 g/mol. The summed E-state index contributed by atoms with van der Waals surface area (Å²) in [6, 6.07) is 14.5. The van der Waals surface area contributed by atoms with Gasteiger partial charge >= 0.3 is 0 Å². The lowest BCUT2D eigenvalue weighted by Gasteiger charge is -2.35. The molecule has 0 N–H and O–H groups in total. The van der Waals surface area contributed by atoms with Crippen molar-refractivity contribution in [1.29, 1.82) is 0 Å². The highest BCUT2D eigenvalue weighted by Gasteiger charge is 2.21. The fraction of sp³-hybridized carbons (Fsp3) is 0.450. The van der Waals surface area contributed by atoms with Crippen LogP contribution < -0.4 is 0 Å². The Labute approximate surface area is 165 Å². The first kappa shape index (κ1) is 19.4. The molecule has 140 valence electrons. The van der Waals surface area contributed by atoms with Crippen molar-refractivity contribution in [1.82, 2.24) is 14.7 Å². The summed E-state index contributed by atoms with van der Waals surface area (Å²) < 4.78 is 0.776. The van der Waals surface area contributed by atoms with Gasteiger partial charge in [-0.1, -0.05) is 41.9 Å². The van der Waals surface area contributed by atoms with Crippen LogP contribution in [0.2, 0.25) is 4.34 Å². The molecule has 4 nitrogen and oxygen atoms in total. The normalized spacial score (nSPS) is 15.9. The first-order valence-corrected chi connectivity index (χ1v) is 10.3. The van der Waals surface area contributed by atoms with Crippen LogP contribution in [0.5, 0.6) is 0 Å². The van der Waals surface area contributed by atoms with Crippen molar-refractivity contribution < 1.29 is 4.79 Å². The second-order valence-corrected chi connectivity index (χ2v) is 8.45. The molecule has 0 atom stereocenters. The molecule has 1 aliphatic rings. The maximum absolute atomic E-state index is 12.7. The van der Waals surface area contributed by atoms with E-state index in [0.29, 0.717) is 13.1 Å². The van der Waals surface area contributed by atoms with E-state index in [1.54, 1.807) is 11.3 Å². The van der Waals surface area contributed by atoms with Crippen LogP contribution in [0.25, 0.3) is 0 Å². The predicted molar refractivity (Wildman–Crippen MR) is 109 cm³/mol. The molecule has 2 heterocycles. The SMILES string of the molecule is CCN(Cc1ccc(Cl)s1)C(=O)CN1CCN(Cc2ccccc2)CC1. The number of hydrogen-bond donors (Lipinski definition) is 0. The molecule has 6 heteroatoms. The molecule has 0 spiro atoms. The molecular weight excluding hydrogens is 366 g/mol. The summed E-state index contributed by atoms with van der Waals surface area (Å²) in [5.74, 6) is 0.202. The molecule has 1 aromatic heterocycles. The van der Waals surface area contributed by atoms with Gasteiger partial charge in [0, 0.05) is 44.1 Å². The molecule has 1 amide bonds. The summed E-state index contributed by atoms with van der Waals surface area (Å²) in [4.78, 5) is 20.5. The zero-order valence-corrected chi connectivity index (χ0v) is 16.8. The summed E-state index contributed by atoms with van der Waals surface area (Å²) in [6.07, 6.45) is 0. The minimum absolute atomic E-state index is 0.202.